The topological polar surface area (TPSA) is 9.23 Å². The maximum absolute atomic E-state index is 10.7. The van der Waals surface area contributed by atoms with Crippen molar-refractivity contribution in [3.8, 4) is 0 Å². The van der Waals surface area contributed by atoms with Crippen LogP contribution in [0.15, 0.2) is 0 Å². The summed E-state index contributed by atoms with van der Waals surface area (Å²) >= 11 is 0. The predicted octanol–water partition coefficient (Wildman–Crippen LogP) is 5.24. The zero-order valence-electron chi connectivity index (χ0n) is 11.3. The molecule has 0 aromatic heterocycles. The van der Waals surface area contributed by atoms with Gasteiger partial charge < -0.3 is 9.22 Å². The Morgan fingerprint density at radius 2 is 1.33 bits per heavy atom. The van der Waals surface area contributed by atoms with Crippen molar-refractivity contribution < 1.29 is 34.4 Å². The van der Waals surface area contributed by atoms with E-state index in [1.54, 1.807) is 0 Å². The van der Waals surface area contributed by atoms with Gasteiger partial charge in [0, 0.05) is 0 Å². The van der Waals surface area contributed by atoms with E-state index in [1.807, 2.05) is 0 Å². The molecular formula is C9H22F6NOP. The molecule has 0 aliphatic rings. The molecule has 0 atom stereocenters. The second kappa shape index (κ2) is 5.51. The van der Waals surface area contributed by atoms with Crippen LogP contribution in [-0.4, -0.2) is 38.0 Å². The Kier molecular flexibility index (Phi) is 6.20. The van der Waals surface area contributed by atoms with Crippen LogP contribution in [0.2, 0.25) is 0 Å². The first-order chi connectivity index (χ1) is 7.43. The summed E-state index contributed by atoms with van der Waals surface area (Å²) < 4.78 is 65.7. The molecule has 0 saturated heterocycles. The number of hydrogen-bond donors (Lipinski definition) is 0. The fourth-order valence-corrected chi connectivity index (χ4v) is 1.02. The average molecular weight is 305 g/mol. The molecule has 2 nitrogen and oxygen atoms in total. The van der Waals surface area contributed by atoms with Crippen molar-refractivity contribution in [1.29, 1.82) is 0 Å². The second-order valence-electron chi connectivity index (χ2n) is 4.96. The van der Waals surface area contributed by atoms with Crippen molar-refractivity contribution >= 4 is 7.81 Å². The molecule has 0 aromatic rings. The molecule has 0 aromatic carbocycles. The molecule has 0 N–H and O–H groups in total. The van der Waals surface area contributed by atoms with Crippen molar-refractivity contribution in [2.45, 2.75) is 33.3 Å². The third-order valence-corrected chi connectivity index (χ3v) is 1.59. The zero-order valence-corrected chi connectivity index (χ0v) is 12.2. The Labute approximate surface area is 104 Å². The van der Waals surface area contributed by atoms with Gasteiger partial charge >= 0.3 is 33.0 Å². The van der Waals surface area contributed by atoms with Gasteiger partial charge in [-0.25, -0.2) is 0 Å². The maximum atomic E-state index is 9.87. The number of halogens is 6. The van der Waals surface area contributed by atoms with Crippen molar-refractivity contribution in [3.63, 3.8) is 0 Å². The Bertz CT molecular complexity index is 236. The minimum absolute atomic E-state index is 0.351. The van der Waals surface area contributed by atoms with E-state index >= 15 is 0 Å². The summed E-state index contributed by atoms with van der Waals surface area (Å²) in [6, 6.07) is 0. The standard InChI is InChI=1S/C9H22NO.F6P/c1-6-7-10(4,5)8-11-9(2)3;1-7(2,3,4,5)6/h9H,6-8H2,1-5H3;/q+1;-1. The molecule has 0 rings (SSSR count). The fraction of sp³-hybridized carbons (Fsp3) is 1.00. The Balaban J connectivity index is 0. The van der Waals surface area contributed by atoms with Crippen LogP contribution in [-0.2, 0) is 4.74 Å². The van der Waals surface area contributed by atoms with E-state index in [0.717, 1.165) is 11.2 Å². The number of ether oxygens (including phenoxy) is 1. The van der Waals surface area contributed by atoms with Crippen LogP contribution < -0.4 is 0 Å². The number of nitrogens with zero attached hydrogens (tertiary/aromatic N) is 1. The summed E-state index contributed by atoms with van der Waals surface area (Å²) in [7, 11) is -6.26. The van der Waals surface area contributed by atoms with Crippen LogP contribution in [0.1, 0.15) is 27.2 Å². The fourth-order valence-electron chi connectivity index (χ4n) is 1.02. The van der Waals surface area contributed by atoms with Gasteiger partial charge in [-0.1, -0.05) is 6.92 Å². The third-order valence-electron chi connectivity index (χ3n) is 1.59. The minimum atomic E-state index is -10.7. The molecule has 0 aliphatic carbocycles. The third kappa shape index (κ3) is 36.0. The van der Waals surface area contributed by atoms with E-state index in [4.69, 9.17) is 4.74 Å². The Morgan fingerprint density at radius 3 is 1.56 bits per heavy atom. The first kappa shape index (κ1) is 20.3. The summed E-state index contributed by atoms with van der Waals surface area (Å²) in [5.41, 5.74) is 0. The van der Waals surface area contributed by atoms with Gasteiger partial charge in [0.2, 0.25) is 0 Å². The van der Waals surface area contributed by atoms with Crippen molar-refractivity contribution in [2.24, 2.45) is 0 Å². The molecule has 0 amide bonds. The molecule has 9 heteroatoms. The van der Waals surface area contributed by atoms with Crippen molar-refractivity contribution in [1.82, 2.24) is 0 Å². The first-order valence-corrected chi connectivity index (χ1v) is 7.46. The Morgan fingerprint density at radius 1 is 1.00 bits per heavy atom. The molecular weight excluding hydrogens is 283 g/mol. The SMILES string of the molecule is CCC[N+](C)(C)COC(C)C.F[P-](F)(F)(F)(F)F. The van der Waals surface area contributed by atoms with E-state index in [9.17, 15) is 25.2 Å². The van der Waals surface area contributed by atoms with Gasteiger partial charge in [-0.3, -0.25) is 0 Å². The summed E-state index contributed by atoms with van der Waals surface area (Å²) in [5.74, 6) is 0. The van der Waals surface area contributed by atoms with E-state index in [-0.39, 0.29) is 0 Å². The van der Waals surface area contributed by atoms with Crippen LogP contribution in [0.25, 0.3) is 0 Å². The van der Waals surface area contributed by atoms with Gasteiger partial charge in [0.05, 0.1) is 26.7 Å². The summed E-state index contributed by atoms with van der Waals surface area (Å²) in [6.45, 7) is 8.37. The van der Waals surface area contributed by atoms with Crippen LogP contribution >= 0.6 is 7.81 Å². The van der Waals surface area contributed by atoms with Crippen LogP contribution in [0, 0.1) is 0 Å². The van der Waals surface area contributed by atoms with Gasteiger partial charge in [-0.05, 0) is 20.3 Å². The van der Waals surface area contributed by atoms with Gasteiger partial charge in [-0.15, -0.1) is 0 Å². The quantitative estimate of drug-likeness (QED) is 0.292. The monoisotopic (exact) mass is 305 g/mol. The Hall–Kier alpha value is -0.0700. The molecule has 0 radical (unpaired) electrons. The predicted molar refractivity (Wildman–Crippen MR) is 61.9 cm³/mol. The molecule has 0 bridgehead atoms. The number of quaternary nitrogens is 1. The van der Waals surface area contributed by atoms with E-state index in [0.29, 0.717) is 6.10 Å². The van der Waals surface area contributed by atoms with E-state index in [2.05, 4.69) is 34.9 Å². The van der Waals surface area contributed by atoms with Gasteiger partial charge in [-0.2, -0.15) is 0 Å². The molecule has 0 saturated carbocycles. The molecule has 0 fully saturated rings. The molecule has 0 unspecified atom stereocenters. The van der Waals surface area contributed by atoms with Crippen molar-refractivity contribution in [2.75, 3.05) is 27.4 Å². The van der Waals surface area contributed by atoms with Crippen LogP contribution in [0.4, 0.5) is 25.2 Å². The van der Waals surface area contributed by atoms with E-state index in [1.165, 1.54) is 13.0 Å². The molecule has 18 heavy (non-hydrogen) atoms. The van der Waals surface area contributed by atoms with Gasteiger partial charge in [0.15, 0.2) is 6.73 Å². The summed E-state index contributed by atoms with van der Waals surface area (Å²) in [6.07, 6.45) is 1.57. The zero-order chi connectivity index (χ0) is 15.3. The second-order valence-corrected chi connectivity index (χ2v) is 6.88. The molecule has 0 heterocycles. The summed E-state index contributed by atoms with van der Waals surface area (Å²) in [4.78, 5) is 0. The first-order valence-electron chi connectivity index (χ1n) is 5.43. The molecule has 0 aliphatic heterocycles. The van der Waals surface area contributed by atoms with E-state index < -0.39 is 7.81 Å². The normalized spacial score (nSPS) is 16.7. The summed E-state index contributed by atoms with van der Waals surface area (Å²) in [5, 5.41) is 0. The number of rotatable bonds is 5. The van der Waals surface area contributed by atoms with Crippen LogP contribution in [0.5, 0.6) is 0 Å². The number of hydrogen-bond acceptors (Lipinski definition) is 1. The average Bonchev–Trinajstić information content (AvgIpc) is 1.94. The van der Waals surface area contributed by atoms with Gasteiger partial charge in [0.1, 0.15) is 0 Å². The van der Waals surface area contributed by atoms with Crippen LogP contribution in [0.3, 0.4) is 0 Å². The molecule has 116 valence electrons. The van der Waals surface area contributed by atoms with Crippen molar-refractivity contribution in [3.05, 3.63) is 0 Å². The molecule has 0 spiro atoms. The van der Waals surface area contributed by atoms with Gasteiger partial charge in [0.25, 0.3) is 0 Å².